The molecule has 13 heavy (non-hydrogen) atoms. The lowest BCUT2D eigenvalue weighted by atomic mass is 10.1. The highest BCUT2D eigenvalue weighted by Gasteiger charge is 2.10. The third-order valence-electron chi connectivity index (χ3n) is 1.37. The van der Waals surface area contributed by atoms with Crippen LogP contribution < -0.4 is 11.1 Å². The van der Waals surface area contributed by atoms with Gasteiger partial charge < -0.3 is 11.1 Å². The summed E-state index contributed by atoms with van der Waals surface area (Å²) in [6, 6.07) is -0.335. The standard InChI is InChI=1S/C8H15N3O2/c1-6(12)3-7(5-10-2)11-8(13)4-9/h5,7H,3-4,9H2,1-2H3,(H,11,13). The minimum atomic E-state index is -0.335. The maximum Gasteiger partial charge on any atom is 0.234 e. The summed E-state index contributed by atoms with van der Waals surface area (Å²) in [7, 11) is 1.59. The summed E-state index contributed by atoms with van der Waals surface area (Å²) in [5, 5.41) is 2.56. The number of rotatable bonds is 5. The highest BCUT2D eigenvalue weighted by Crippen LogP contribution is 1.90. The van der Waals surface area contributed by atoms with E-state index in [0.29, 0.717) is 0 Å². The Kier molecular flexibility index (Phi) is 5.71. The van der Waals surface area contributed by atoms with Crippen LogP contribution in [0.3, 0.4) is 0 Å². The van der Waals surface area contributed by atoms with E-state index in [4.69, 9.17) is 5.73 Å². The van der Waals surface area contributed by atoms with Crippen molar-refractivity contribution in [3.8, 4) is 0 Å². The Morgan fingerprint density at radius 3 is 2.62 bits per heavy atom. The van der Waals surface area contributed by atoms with Crippen LogP contribution in [0.2, 0.25) is 0 Å². The quantitative estimate of drug-likeness (QED) is 0.545. The summed E-state index contributed by atoms with van der Waals surface area (Å²) in [6.45, 7) is 1.39. The molecule has 1 unspecified atom stereocenters. The van der Waals surface area contributed by atoms with Crippen LogP contribution >= 0.6 is 0 Å². The Morgan fingerprint density at radius 2 is 2.23 bits per heavy atom. The van der Waals surface area contributed by atoms with Gasteiger partial charge >= 0.3 is 0 Å². The molecular weight excluding hydrogens is 170 g/mol. The molecule has 0 aliphatic heterocycles. The van der Waals surface area contributed by atoms with Crippen molar-refractivity contribution >= 4 is 17.9 Å². The number of ketones is 1. The molecule has 5 heteroatoms. The number of nitrogens with zero attached hydrogens (tertiary/aromatic N) is 1. The predicted octanol–water partition coefficient (Wildman–Crippen LogP) is -0.890. The minimum Gasteiger partial charge on any atom is -0.347 e. The van der Waals surface area contributed by atoms with Crippen LogP contribution in [0.15, 0.2) is 4.99 Å². The summed E-state index contributed by atoms with van der Waals surface area (Å²) in [5.41, 5.74) is 5.11. The average molecular weight is 185 g/mol. The van der Waals surface area contributed by atoms with Crippen molar-refractivity contribution in [2.75, 3.05) is 13.6 Å². The van der Waals surface area contributed by atoms with E-state index in [1.165, 1.54) is 13.1 Å². The van der Waals surface area contributed by atoms with Crippen LogP contribution in [0.25, 0.3) is 0 Å². The Hall–Kier alpha value is -1.23. The fourth-order valence-corrected chi connectivity index (χ4v) is 0.896. The molecular formula is C8H15N3O2. The zero-order chi connectivity index (χ0) is 10.3. The van der Waals surface area contributed by atoms with E-state index in [1.54, 1.807) is 7.05 Å². The Labute approximate surface area is 77.4 Å². The molecule has 0 aromatic heterocycles. The smallest absolute Gasteiger partial charge is 0.234 e. The van der Waals surface area contributed by atoms with Crippen molar-refractivity contribution in [1.82, 2.24) is 5.32 Å². The van der Waals surface area contributed by atoms with Crippen LogP contribution in [-0.2, 0) is 9.59 Å². The lowest BCUT2D eigenvalue weighted by Crippen LogP contribution is -2.40. The molecule has 0 radical (unpaired) electrons. The predicted molar refractivity (Wildman–Crippen MR) is 50.7 cm³/mol. The summed E-state index contributed by atoms with van der Waals surface area (Å²) >= 11 is 0. The zero-order valence-electron chi connectivity index (χ0n) is 7.91. The number of hydrogen-bond acceptors (Lipinski definition) is 4. The van der Waals surface area contributed by atoms with Gasteiger partial charge in [0, 0.05) is 19.7 Å². The van der Waals surface area contributed by atoms with E-state index in [9.17, 15) is 9.59 Å². The Balaban J connectivity index is 4.09. The first-order valence-corrected chi connectivity index (χ1v) is 4.01. The summed E-state index contributed by atoms with van der Waals surface area (Å²) in [6.07, 6.45) is 1.78. The van der Waals surface area contributed by atoms with Gasteiger partial charge in [0.1, 0.15) is 5.78 Å². The van der Waals surface area contributed by atoms with Gasteiger partial charge in [0.15, 0.2) is 0 Å². The second-order valence-corrected chi connectivity index (χ2v) is 2.69. The second kappa shape index (κ2) is 6.30. The van der Waals surface area contributed by atoms with E-state index in [-0.39, 0.29) is 30.7 Å². The van der Waals surface area contributed by atoms with Crippen LogP contribution in [0.4, 0.5) is 0 Å². The molecule has 5 nitrogen and oxygen atoms in total. The first kappa shape index (κ1) is 11.8. The molecule has 0 aliphatic rings. The first-order chi connectivity index (χ1) is 6.10. The third-order valence-corrected chi connectivity index (χ3v) is 1.37. The third kappa shape index (κ3) is 5.98. The fourth-order valence-electron chi connectivity index (χ4n) is 0.896. The van der Waals surface area contributed by atoms with Crippen molar-refractivity contribution < 1.29 is 9.59 Å². The average Bonchev–Trinajstić information content (AvgIpc) is 2.03. The molecule has 0 aromatic carbocycles. The van der Waals surface area contributed by atoms with Crippen molar-refractivity contribution in [1.29, 1.82) is 0 Å². The fraction of sp³-hybridized carbons (Fsp3) is 0.625. The molecule has 0 spiro atoms. The summed E-state index contributed by atoms with van der Waals surface area (Å²) in [5.74, 6) is -0.284. The van der Waals surface area contributed by atoms with Gasteiger partial charge in [-0.25, -0.2) is 0 Å². The number of amides is 1. The zero-order valence-corrected chi connectivity index (χ0v) is 7.91. The highest BCUT2D eigenvalue weighted by molar-refractivity contribution is 5.86. The maximum absolute atomic E-state index is 10.9. The van der Waals surface area contributed by atoms with Crippen molar-refractivity contribution in [2.24, 2.45) is 10.7 Å². The Morgan fingerprint density at radius 1 is 1.62 bits per heavy atom. The number of nitrogens with two attached hydrogens (primary N) is 1. The van der Waals surface area contributed by atoms with Gasteiger partial charge in [0.2, 0.25) is 5.91 Å². The van der Waals surface area contributed by atoms with Gasteiger partial charge in [-0.2, -0.15) is 0 Å². The number of nitrogens with one attached hydrogen (secondary N) is 1. The largest absolute Gasteiger partial charge is 0.347 e. The lowest BCUT2D eigenvalue weighted by Gasteiger charge is -2.11. The molecule has 0 aromatic rings. The molecule has 0 rings (SSSR count). The second-order valence-electron chi connectivity index (χ2n) is 2.69. The van der Waals surface area contributed by atoms with Crippen LogP contribution in [-0.4, -0.2) is 37.5 Å². The van der Waals surface area contributed by atoms with Gasteiger partial charge in [-0.15, -0.1) is 0 Å². The maximum atomic E-state index is 10.9. The first-order valence-electron chi connectivity index (χ1n) is 4.01. The molecule has 1 amide bonds. The van der Waals surface area contributed by atoms with Crippen molar-refractivity contribution in [2.45, 2.75) is 19.4 Å². The molecule has 0 heterocycles. The van der Waals surface area contributed by atoms with E-state index < -0.39 is 0 Å². The molecule has 0 saturated heterocycles. The lowest BCUT2D eigenvalue weighted by molar-refractivity contribution is -0.120. The van der Waals surface area contributed by atoms with E-state index >= 15 is 0 Å². The molecule has 0 fully saturated rings. The molecule has 0 aliphatic carbocycles. The highest BCUT2D eigenvalue weighted by atomic mass is 16.2. The Bertz CT molecular complexity index is 213. The monoisotopic (exact) mass is 185 g/mol. The van der Waals surface area contributed by atoms with Crippen LogP contribution in [0, 0.1) is 0 Å². The van der Waals surface area contributed by atoms with Gasteiger partial charge in [-0.3, -0.25) is 14.6 Å². The van der Waals surface area contributed by atoms with Crippen LogP contribution in [0.1, 0.15) is 13.3 Å². The molecule has 0 saturated carbocycles. The number of carbonyl (C=O) groups excluding carboxylic acids is 2. The normalized spacial score (nSPS) is 12.8. The topological polar surface area (TPSA) is 84.5 Å². The molecule has 1 atom stereocenters. The summed E-state index contributed by atoms with van der Waals surface area (Å²) < 4.78 is 0. The SMILES string of the molecule is CN=CC(CC(C)=O)NC(=O)CN. The number of hydrogen-bond donors (Lipinski definition) is 2. The van der Waals surface area contributed by atoms with E-state index in [2.05, 4.69) is 10.3 Å². The van der Waals surface area contributed by atoms with Gasteiger partial charge in [-0.05, 0) is 6.92 Å². The van der Waals surface area contributed by atoms with Crippen LogP contribution in [0.5, 0.6) is 0 Å². The van der Waals surface area contributed by atoms with E-state index in [1.807, 2.05) is 0 Å². The van der Waals surface area contributed by atoms with E-state index in [0.717, 1.165) is 0 Å². The number of carbonyl (C=O) groups is 2. The molecule has 3 N–H and O–H groups in total. The molecule has 74 valence electrons. The summed E-state index contributed by atoms with van der Waals surface area (Å²) in [4.78, 5) is 25.4. The molecule has 0 bridgehead atoms. The van der Waals surface area contributed by atoms with Gasteiger partial charge in [0.25, 0.3) is 0 Å². The van der Waals surface area contributed by atoms with Gasteiger partial charge in [0.05, 0.1) is 12.6 Å². The van der Waals surface area contributed by atoms with Crippen molar-refractivity contribution in [3.63, 3.8) is 0 Å². The number of Topliss-reactive ketones (excluding diaryl/α,β-unsaturated/α-hetero) is 1. The number of aliphatic imine (C=N–C) groups is 1. The minimum absolute atomic E-state index is 0.00206. The van der Waals surface area contributed by atoms with Crippen molar-refractivity contribution in [3.05, 3.63) is 0 Å². The van der Waals surface area contributed by atoms with Gasteiger partial charge in [-0.1, -0.05) is 0 Å².